The average Bonchev–Trinajstić information content (AvgIpc) is 2.92. The van der Waals surface area contributed by atoms with Crippen molar-refractivity contribution in [2.75, 3.05) is 13.2 Å². The Bertz CT molecular complexity index is 632. The Balaban J connectivity index is 1.77. The fourth-order valence-corrected chi connectivity index (χ4v) is 2.63. The van der Waals surface area contributed by atoms with Gasteiger partial charge in [0.2, 0.25) is 0 Å². The molecule has 0 atom stereocenters. The first-order valence-electron chi connectivity index (χ1n) is 7.15. The Hall–Kier alpha value is -2.14. The van der Waals surface area contributed by atoms with Crippen LogP contribution in [0.4, 0.5) is 0 Å². The van der Waals surface area contributed by atoms with Crippen LogP contribution in [-0.4, -0.2) is 24.2 Å². The highest BCUT2D eigenvalue weighted by molar-refractivity contribution is 7.09. The lowest BCUT2D eigenvalue weighted by Gasteiger charge is -2.02. The lowest BCUT2D eigenvalue weighted by molar-refractivity contribution is -0.137. The number of aromatic nitrogens is 1. The molecule has 0 aliphatic rings. The Kier molecular flexibility index (Phi) is 6.15. The monoisotopic (exact) mass is 317 g/mol. The van der Waals surface area contributed by atoms with E-state index in [-0.39, 0.29) is 5.97 Å². The lowest BCUT2D eigenvalue weighted by atomic mass is 10.2. The third-order valence-electron chi connectivity index (χ3n) is 3.02. The second-order valence-corrected chi connectivity index (χ2v) is 5.55. The lowest BCUT2D eigenvalue weighted by Crippen LogP contribution is -2.04. The van der Waals surface area contributed by atoms with Crippen LogP contribution in [0, 0.1) is 6.92 Å². The third-order valence-corrected chi connectivity index (χ3v) is 4.02. The summed E-state index contributed by atoms with van der Waals surface area (Å²) < 4.78 is 10.5. The topological polar surface area (TPSA) is 48.4 Å². The SMILES string of the molecule is CCOc1ccc(C=CC(=O)OCCc2scnc2C)cc1. The van der Waals surface area contributed by atoms with E-state index in [2.05, 4.69) is 4.98 Å². The molecular weight excluding hydrogens is 298 g/mol. The molecular formula is C17H19NO3S. The zero-order chi connectivity index (χ0) is 15.8. The number of hydrogen-bond acceptors (Lipinski definition) is 5. The Morgan fingerprint density at radius 3 is 2.73 bits per heavy atom. The van der Waals surface area contributed by atoms with Crippen molar-refractivity contribution in [2.45, 2.75) is 20.3 Å². The van der Waals surface area contributed by atoms with E-state index in [1.54, 1.807) is 22.9 Å². The molecule has 0 bridgehead atoms. The predicted molar refractivity (Wildman–Crippen MR) is 88.2 cm³/mol. The summed E-state index contributed by atoms with van der Waals surface area (Å²) in [4.78, 5) is 17.0. The van der Waals surface area contributed by atoms with E-state index in [1.165, 1.54) is 6.08 Å². The molecule has 5 heteroatoms. The van der Waals surface area contributed by atoms with Gasteiger partial charge in [-0.1, -0.05) is 12.1 Å². The van der Waals surface area contributed by atoms with E-state index in [4.69, 9.17) is 9.47 Å². The number of ether oxygens (including phenoxy) is 2. The van der Waals surface area contributed by atoms with Crippen LogP contribution in [0.5, 0.6) is 5.75 Å². The maximum absolute atomic E-state index is 11.7. The molecule has 116 valence electrons. The van der Waals surface area contributed by atoms with Gasteiger partial charge in [0.15, 0.2) is 0 Å². The normalized spacial score (nSPS) is 10.8. The van der Waals surface area contributed by atoms with E-state index < -0.39 is 0 Å². The summed E-state index contributed by atoms with van der Waals surface area (Å²) in [6.45, 7) is 4.91. The number of aryl methyl sites for hydroxylation is 1. The fraction of sp³-hybridized carbons (Fsp3) is 0.294. The van der Waals surface area contributed by atoms with E-state index in [0.717, 1.165) is 21.9 Å². The van der Waals surface area contributed by atoms with Crippen LogP contribution in [0.25, 0.3) is 6.08 Å². The standard InChI is InChI=1S/C17H19NO3S/c1-3-20-15-7-4-14(5-8-15)6-9-17(19)21-11-10-16-13(2)18-12-22-16/h4-9,12H,3,10-11H2,1-2H3. The number of carbonyl (C=O) groups is 1. The van der Waals surface area contributed by atoms with Gasteiger partial charge in [0.1, 0.15) is 5.75 Å². The molecule has 0 amide bonds. The highest BCUT2D eigenvalue weighted by Gasteiger charge is 2.03. The molecule has 0 unspecified atom stereocenters. The van der Waals surface area contributed by atoms with Crippen molar-refractivity contribution in [1.29, 1.82) is 0 Å². The molecule has 0 aliphatic heterocycles. The molecule has 0 radical (unpaired) electrons. The fourth-order valence-electron chi connectivity index (χ4n) is 1.86. The van der Waals surface area contributed by atoms with Gasteiger partial charge in [-0.3, -0.25) is 0 Å². The second-order valence-electron chi connectivity index (χ2n) is 4.61. The smallest absolute Gasteiger partial charge is 0.330 e. The highest BCUT2D eigenvalue weighted by Crippen LogP contribution is 2.14. The first kappa shape index (κ1) is 16.2. The van der Waals surface area contributed by atoms with Crippen molar-refractivity contribution in [2.24, 2.45) is 0 Å². The van der Waals surface area contributed by atoms with Crippen molar-refractivity contribution in [3.63, 3.8) is 0 Å². The van der Waals surface area contributed by atoms with Gasteiger partial charge in [-0.15, -0.1) is 11.3 Å². The molecule has 1 aromatic heterocycles. The summed E-state index contributed by atoms with van der Waals surface area (Å²) in [7, 11) is 0. The number of hydrogen-bond donors (Lipinski definition) is 0. The van der Waals surface area contributed by atoms with Crippen molar-refractivity contribution in [3.8, 4) is 5.75 Å². The second kappa shape index (κ2) is 8.34. The van der Waals surface area contributed by atoms with Crippen molar-refractivity contribution < 1.29 is 14.3 Å². The molecule has 22 heavy (non-hydrogen) atoms. The van der Waals surface area contributed by atoms with Gasteiger partial charge in [-0.2, -0.15) is 0 Å². The minimum absolute atomic E-state index is 0.337. The van der Waals surface area contributed by atoms with Crippen LogP contribution < -0.4 is 4.74 Å². The molecule has 0 N–H and O–H groups in total. The third kappa shape index (κ3) is 5.00. The van der Waals surface area contributed by atoms with Gasteiger partial charge in [-0.25, -0.2) is 9.78 Å². The Labute approximate surface area is 134 Å². The van der Waals surface area contributed by atoms with Crippen LogP contribution in [0.2, 0.25) is 0 Å². The number of nitrogens with zero attached hydrogens (tertiary/aromatic N) is 1. The first-order valence-corrected chi connectivity index (χ1v) is 8.03. The molecule has 0 aliphatic carbocycles. The summed E-state index contributed by atoms with van der Waals surface area (Å²) in [6.07, 6.45) is 3.88. The van der Waals surface area contributed by atoms with E-state index >= 15 is 0 Å². The van der Waals surface area contributed by atoms with Gasteiger partial charge in [0, 0.05) is 17.4 Å². The van der Waals surface area contributed by atoms with Gasteiger partial charge in [-0.05, 0) is 37.6 Å². The summed E-state index contributed by atoms with van der Waals surface area (Å²) in [5.74, 6) is 0.484. The van der Waals surface area contributed by atoms with Crippen molar-refractivity contribution >= 4 is 23.4 Å². The Morgan fingerprint density at radius 1 is 1.32 bits per heavy atom. The van der Waals surface area contributed by atoms with Crippen LogP contribution in [0.1, 0.15) is 23.1 Å². The van der Waals surface area contributed by atoms with Gasteiger partial charge >= 0.3 is 5.97 Å². The predicted octanol–water partition coefficient (Wildman–Crippen LogP) is 3.65. The minimum Gasteiger partial charge on any atom is -0.494 e. The Morgan fingerprint density at radius 2 is 2.09 bits per heavy atom. The zero-order valence-electron chi connectivity index (χ0n) is 12.7. The molecule has 2 rings (SSSR count). The number of rotatable bonds is 7. The van der Waals surface area contributed by atoms with Crippen LogP contribution >= 0.6 is 11.3 Å². The van der Waals surface area contributed by atoms with Crippen LogP contribution in [-0.2, 0) is 16.0 Å². The molecule has 0 saturated heterocycles. The van der Waals surface area contributed by atoms with E-state index in [1.807, 2.05) is 38.1 Å². The van der Waals surface area contributed by atoms with Crippen LogP contribution in [0.3, 0.4) is 0 Å². The quantitative estimate of drug-likeness (QED) is 0.578. The summed E-state index contributed by atoms with van der Waals surface area (Å²) >= 11 is 1.58. The van der Waals surface area contributed by atoms with Crippen LogP contribution in [0.15, 0.2) is 35.9 Å². The summed E-state index contributed by atoms with van der Waals surface area (Å²) in [6, 6.07) is 7.55. The van der Waals surface area contributed by atoms with Gasteiger partial charge in [0.25, 0.3) is 0 Å². The highest BCUT2D eigenvalue weighted by atomic mass is 32.1. The van der Waals surface area contributed by atoms with Crippen molar-refractivity contribution in [3.05, 3.63) is 52.0 Å². The number of thiazole rings is 1. The molecule has 4 nitrogen and oxygen atoms in total. The maximum atomic E-state index is 11.7. The minimum atomic E-state index is -0.337. The average molecular weight is 317 g/mol. The van der Waals surface area contributed by atoms with E-state index in [9.17, 15) is 4.79 Å². The summed E-state index contributed by atoms with van der Waals surface area (Å²) in [5.41, 5.74) is 3.74. The van der Waals surface area contributed by atoms with Gasteiger partial charge < -0.3 is 9.47 Å². The molecule has 1 heterocycles. The van der Waals surface area contributed by atoms with Crippen molar-refractivity contribution in [1.82, 2.24) is 4.98 Å². The number of esters is 1. The molecule has 0 saturated carbocycles. The molecule has 0 fully saturated rings. The molecule has 0 spiro atoms. The first-order chi connectivity index (χ1) is 10.7. The number of benzene rings is 1. The zero-order valence-corrected chi connectivity index (χ0v) is 13.6. The molecule has 1 aromatic carbocycles. The molecule has 2 aromatic rings. The van der Waals surface area contributed by atoms with E-state index in [0.29, 0.717) is 19.6 Å². The van der Waals surface area contributed by atoms with Gasteiger partial charge in [0.05, 0.1) is 24.4 Å². The largest absolute Gasteiger partial charge is 0.494 e. The number of carbonyl (C=O) groups excluding carboxylic acids is 1. The summed E-state index contributed by atoms with van der Waals surface area (Å²) in [5, 5.41) is 0. The maximum Gasteiger partial charge on any atom is 0.330 e.